The predicted molar refractivity (Wildman–Crippen MR) is 73.3 cm³/mol. The van der Waals surface area contributed by atoms with Gasteiger partial charge in [-0.1, -0.05) is 30.4 Å². The van der Waals surface area contributed by atoms with Crippen LogP contribution in [0.1, 0.15) is 23.9 Å². The lowest BCUT2D eigenvalue weighted by Crippen LogP contribution is -2.21. The highest BCUT2D eigenvalue weighted by Crippen LogP contribution is 2.36. The van der Waals surface area contributed by atoms with Crippen molar-refractivity contribution in [3.05, 3.63) is 35.1 Å². The van der Waals surface area contributed by atoms with Gasteiger partial charge < -0.3 is 9.47 Å². The smallest absolute Gasteiger partial charge is 0.234 e. The highest BCUT2D eigenvalue weighted by atomic mass is 32.1. The number of aryl methyl sites for hydroxylation is 1. The molecule has 4 rings (SSSR count). The molecule has 0 saturated carbocycles. The van der Waals surface area contributed by atoms with Crippen molar-refractivity contribution >= 4 is 16.3 Å². The zero-order valence-electron chi connectivity index (χ0n) is 10.8. The van der Waals surface area contributed by atoms with E-state index in [-0.39, 0.29) is 6.10 Å². The molecule has 0 fully saturated rings. The van der Waals surface area contributed by atoms with Crippen LogP contribution in [0.25, 0.3) is 4.96 Å². The van der Waals surface area contributed by atoms with Crippen molar-refractivity contribution in [1.29, 1.82) is 0 Å². The summed E-state index contributed by atoms with van der Waals surface area (Å²) in [7, 11) is 0. The van der Waals surface area contributed by atoms with E-state index in [0.717, 1.165) is 33.7 Å². The minimum absolute atomic E-state index is 0.193. The van der Waals surface area contributed by atoms with Crippen LogP contribution >= 0.6 is 11.3 Å². The molecule has 0 radical (unpaired) electrons. The Morgan fingerprint density at radius 2 is 2.15 bits per heavy atom. The maximum atomic E-state index is 5.95. The number of fused-ring (bicyclic) bond motifs is 2. The van der Waals surface area contributed by atoms with Gasteiger partial charge in [-0.15, -0.1) is 10.2 Å². The maximum absolute atomic E-state index is 5.95. The van der Waals surface area contributed by atoms with Gasteiger partial charge in [-0.05, 0) is 12.1 Å². The van der Waals surface area contributed by atoms with Crippen LogP contribution in [-0.4, -0.2) is 26.4 Å². The second-order valence-corrected chi connectivity index (χ2v) is 5.46. The van der Waals surface area contributed by atoms with Gasteiger partial charge >= 0.3 is 0 Å². The Balaban J connectivity index is 1.68. The highest BCUT2D eigenvalue weighted by molar-refractivity contribution is 7.16. The first-order valence-electron chi connectivity index (χ1n) is 6.44. The van der Waals surface area contributed by atoms with Crippen molar-refractivity contribution in [3.8, 4) is 11.5 Å². The first kappa shape index (κ1) is 11.7. The molecule has 0 bridgehead atoms. The average Bonchev–Trinajstić information content (AvgIpc) is 3.06. The van der Waals surface area contributed by atoms with E-state index < -0.39 is 0 Å². The normalized spacial score (nSPS) is 17.6. The third-order valence-electron chi connectivity index (χ3n) is 3.17. The lowest BCUT2D eigenvalue weighted by atomic mass is 10.3. The van der Waals surface area contributed by atoms with Gasteiger partial charge in [0.15, 0.2) is 28.4 Å². The average molecular weight is 288 g/mol. The fourth-order valence-corrected chi connectivity index (χ4v) is 3.04. The molecule has 1 aromatic carbocycles. The summed E-state index contributed by atoms with van der Waals surface area (Å²) in [5.41, 5.74) is 0. The summed E-state index contributed by atoms with van der Waals surface area (Å²) in [4.78, 5) is 0.791. The van der Waals surface area contributed by atoms with Crippen LogP contribution in [-0.2, 0) is 6.42 Å². The van der Waals surface area contributed by atoms with Crippen molar-refractivity contribution in [3.63, 3.8) is 0 Å². The number of para-hydroxylation sites is 2. The van der Waals surface area contributed by atoms with Crippen LogP contribution in [0.3, 0.4) is 0 Å². The molecule has 1 aliphatic rings. The molecule has 1 atom stereocenters. The third-order valence-corrected chi connectivity index (χ3v) is 4.16. The summed E-state index contributed by atoms with van der Waals surface area (Å²) in [6, 6.07) is 7.66. The van der Waals surface area contributed by atoms with Crippen molar-refractivity contribution in [2.75, 3.05) is 6.61 Å². The van der Waals surface area contributed by atoms with Crippen LogP contribution in [0.15, 0.2) is 24.3 Å². The summed E-state index contributed by atoms with van der Waals surface area (Å²) < 4.78 is 13.4. The summed E-state index contributed by atoms with van der Waals surface area (Å²) in [5, 5.41) is 13.6. The van der Waals surface area contributed by atoms with E-state index >= 15 is 0 Å². The molecular weight excluding hydrogens is 276 g/mol. The van der Waals surface area contributed by atoms with Gasteiger partial charge in [0, 0.05) is 6.42 Å². The van der Waals surface area contributed by atoms with E-state index in [9.17, 15) is 0 Å². The monoisotopic (exact) mass is 288 g/mol. The largest absolute Gasteiger partial charge is 0.485 e. The van der Waals surface area contributed by atoms with E-state index in [0.29, 0.717) is 6.61 Å². The molecule has 1 aliphatic heterocycles. The van der Waals surface area contributed by atoms with E-state index in [2.05, 4.69) is 15.3 Å². The number of ether oxygens (including phenoxy) is 2. The van der Waals surface area contributed by atoms with Crippen LogP contribution in [0.5, 0.6) is 11.5 Å². The van der Waals surface area contributed by atoms with Gasteiger partial charge in [0.25, 0.3) is 0 Å². The molecule has 2 aromatic heterocycles. The third kappa shape index (κ3) is 1.74. The van der Waals surface area contributed by atoms with Gasteiger partial charge in [-0.3, -0.25) is 0 Å². The molecule has 6 nitrogen and oxygen atoms in total. The minimum Gasteiger partial charge on any atom is -0.485 e. The summed E-state index contributed by atoms with van der Waals surface area (Å²) >= 11 is 1.49. The van der Waals surface area contributed by atoms with Crippen molar-refractivity contribution < 1.29 is 9.47 Å². The fraction of sp³-hybridized carbons (Fsp3) is 0.308. The zero-order chi connectivity index (χ0) is 13.5. The van der Waals surface area contributed by atoms with Crippen LogP contribution < -0.4 is 9.47 Å². The second-order valence-electron chi connectivity index (χ2n) is 4.47. The van der Waals surface area contributed by atoms with Crippen LogP contribution in [0.4, 0.5) is 0 Å². The molecule has 3 aromatic rings. The van der Waals surface area contributed by atoms with Gasteiger partial charge in [0.1, 0.15) is 6.61 Å². The second kappa shape index (κ2) is 4.45. The SMILES string of the molecule is CCc1nnc2sc(C3COc4ccccc4O3)nn12. The molecule has 102 valence electrons. The van der Waals surface area contributed by atoms with Gasteiger partial charge in [-0.2, -0.15) is 9.61 Å². The summed E-state index contributed by atoms with van der Waals surface area (Å²) in [6.45, 7) is 2.49. The van der Waals surface area contributed by atoms with E-state index in [4.69, 9.17) is 9.47 Å². The molecule has 0 spiro atoms. The summed E-state index contributed by atoms with van der Waals surface area (Å²) in [6.07, 6.45) is 0.608. The molecule has 0 aliphatic carbocycles. The fourth-order valence-electron chi connectivity index (χ4n) is 2.16. The number of rotatable bonds is 2. The first-order valence-corrected chi connectivity index (χ1v) is 7.26. The van der Waals surface area contributed by atoms with Gasteiger partial charge in [-0.25, -0.2) is 0 Å². The van der Waals surface area contributed by atoms with Crippen molar-refractivity contribution in [2.24, 2.45) is 0 Å². The molecule has 0 saturated heterocycles. The molecule has 7 heteroatoms. The van der Waals surface area contributed by atoms with Crippen molar-refractivity contribution in [2.45, 2.75) is 19.4 Å². The Labute approximate surface area is 119 Å². The van der Waals surface area contributed by atoms with E-state index in [1.54, 1.807) is 4.52 Å². The van der Waals surface area contributed by atoms with E-state index in [1.165, 1.54) is 11.3 Å². The topological polar surface area (TPSA) is 61.5 Å². The Hall–Kier alpha value is -2.15. The lowest BCUT2D eigenvalue weighted by Gasteiger charge is -2.24. The van der Waals surface area contributed by atoms with E-state index in [1.807, 2.05) is 31.2 Å². The van der Waals surface area contributed by atoms with Gasteiger partial charge in [0.05, 0.1) is 0 Å². The first-order chi connectivity index (χ1) is 9.85. The molecule has 1 unspecified atom stereocenters. The predicted octanol–water partition coefficient (Wildman–Crippen LogP) is 2.26. The molecule has 20 heavy (non-hydrogen) atoms. The molecule has 3 heterocycles. The lowest BCUT2D eigenvalue weighted by molar-refractivity contribution is 0.0904. The summed E-state index contributed by atoms with van der Waals surface area (Å²) in [5.74, 6) is 2.39. The molecule has 0 amide bonds. The quantitative estimate of drug-likeness (QED) is 0.724. The molecule has 0 N–H and O–H groups in total. The minimum atomic E-state index is -0.193. The van der Waals surface area contributed by atoms with Crippen LogP contribution in [0.2, 0.25) is 0 Å². The Morgan fingerprint density at radius 3 is 3.00 bits per heavy atom. The Bertz CT molecular complexity index is 767. The number of nitrogens with zero attached hydrogens (tertiary/aromatic N) is 4. The van der Waals surface area contributed by atoms with Crippen LogP contribution in [0, 0.1) is 0 Å². The maximum Gasteiger partial charge on any atom is 0.234 e. The standard InChI is InChI=1S/C13H12N4O2S/c1-2-11-14-15-13-17(11)16-12(20-13)10-7-18-8-5-3-4-6-9(8)19-10/h3-6,10H,2,7H2,1H3. The molecular formula is C13H12N4O2S. The van der Waals surface area contributed by atoms with Gasteiger partial charge in [0.2, 0.25) is 4.96 Å². The number of aromatic nitrogens is 4. The number of hydrogen-bond donors (Lipinski definition) is 0. The Morgan fingerprint density at radius 1 is 1.30 bits per heavy atom. The zero-order valence-corrected chi connectivity index (χ0v) is 11.6. The number of hydrogen-bond acceptors (Lipinski definition) is 6. The Kier molecular flexibility index (Phi) is 2.59. The van der Waals surface area contributed by atoms with Crippen molar-refractivity contribution in [1.82, 2.24) is 19.8 Å². The number of benzene rings is 1. The highest BCUT2D eigenvalue weighted by Gasteiger charge is 2.26.